The van der Waals surface area contributed by atoms with Gasteiger partial charge in [0.1, 0.15) is 5.69 Å². The number of benzene rings is 2. The van der Waals surface area contributed by atoms with Crippen LogP contribution in [0.2, 0.25) is 0 Å². The number of ether oxygens (including phenoxy) is 1. The fraction of sp³-hybridized carbons (Fsp3) is 0.0952. The Labute approximate surface area is 174 Å². The average molecular weight is 453 g/mol. The summed E-state index contributed by atoms with van der Waals surface area (Å²) < 4.78 is 7.23. The normalized spacial score (nSPS) is 10.8. The van der Waals surface area contributed by atoms with Crippen LogP contribution in [-0.2, 0) is 4.74 Å². The summed E-state index contributed by atoms with van der Waals surface area (Å²) in [6.07, 6.45) is 1.67. The van der Waals surface area contributed by atoms with Crippen molar-refractivity contribution < 1.29 is 14.3 Å². The molecule has 2 N–H and O–H groups in total. The number of hydrogen-bond acceptors (Lipinski definition) is 4. The zero-order valence-corrected chi connectivity index (χ0v) is 17.1. The molecule has 0 aliphatic carbocycles. The predicted octanol–water partition coefficient (Wildman–Crippen LogP) is 4.55. The SMILES string of the molecule is CCOC(=O)c1ccn(-c2cccc(NC(=O)c3[nH]c4ccccc4c3Br)c2)n1. The van der Waals surface area contributed by atoms with Gasteiger partial charge < -0.3 is 15.0 Å². The highest BCUT2D eigenvalue weighted by Crippen LogP contribution is 2.28. The van der Waals surface area contributed by atoms with Gasteiger partial charge in [0, 0.05) is 22.8 Å². The summed E-state index contributed by atoms with van der Waals surface area (Å²) in [5, 5.41) is 8.06. The molecule has 29 heavy (non-hydrogen) atoms. The third-order valence-corrected chi connectivity index (χ3v) is 5.14. The molecule has 0 bridgehead atoms. The van der Waals surface area contributed by atoms with Gasteiger partial charge in [0.15, 0.2) is 5.69 Å². The summed E-state index contributed by atoms with van der Waals surface area (Å²) in [6, 6.07) is 16.5. The number of aromatic nitrogens is 3. The molecule has 2 aromatic heterocycles. The van der Waals surface area contributed by atoms with Crippen molar-refractivity contribution in [1.82, 2.24) is 14.8 Å². The van der Waals surface area contributed by atoms with E-state index in [1.165, 1.54) is 0 Å². The van der Waals surface area contributed by atoms with Gasteiger partial charge in [-0.25, -0.2) is 9.48 Å². The van der Waals surface area contributed by atoms with Gasteiger partial charge in [-0.15, -0.1) is 0 Å². The molecule has 1 amide bonds. The Balaban J connectivity index is 1.57. The van der Waals surface area contributed by atoms with Crippen LogP contribution in [0.5, 0.6) is 0 Å². The first-order valence-corrected chi connectivity index (χ1v) is 9.77. The van der Waals surface area contributed by atoms with E-state index in [0.29, 0.717) is 21.5 Å². The molecule has 0 atom stereocenters. The van der Waals surface area contributed by atoms with Crippen LogP contribution in [0.1, 0.15) is 27.9 Å². The summed E-state index contributed by atoms with van der Waals surface area (Å²) in [5.74, 6) is -0.739. The summed E-state index contributed by atoms with van der Waals surface area (Å²) in [4.78, 5) is 27.7. The number of carbonyl (C=O) groups is 2. The Bertz CT molecular complexity index is 1210. The van der Waals surface area contributed by atoms with Crippen LogP contribution < -0.4 is 5.32 Å². The number of carbonyl (C=O) groups excluding carboxylic acids is 2. The third kappa shape index (κ3) is 3.79. The van der Waals surface area contributed by atoms with Gasteiger partial charge in [0.2, 0.25) is 0 Å². The van der Waals surface area contributed by atoms with Crippen molar-refractivity contribution in [2.75, 3.05) is 11.9 Å². The van der Waals surface area contributed by atoms with E-state index in [1.807, 2.05) is 30.3 Å². The van der Waals surface area contributed by atoms with Crippen LogP contribution in [-0.4, -0.2) is 33.2 Å². The molecule has 8 heteroatoms. The summed E-state index contributed by atoms with van der Waals surface area (Å²) in [5.41, 5.74) is 2.85. The van der Waals surface area contributed by atoms with Crippen molar-refractivity contribution in [3.63, 3.8) is 0 Å². The number of esters is 1. The van der Waals surface area contributed by atoms with E-state index in [4.69, 9.17) is 4.74 Å². The predicted molar refractivity (Wildman–Crippen MR) is 113 cm³/mol. The van der Waals surface area contributed by atoms with E-state index >= 15 is 0 Å². The number of nitrogens with one attached hydrogen (secondary N) is 2. The molecule has 146 valence electrons. The van der Waals surface area contributed by atoms with Crippen molar-refractivity contribution in [2.24, 2.45) is 0 Å². The summed E-state index contributed by atoms with van der Waals surface area (Å²) in [7, 11) is 0. The Hall–Kier alpha value is -3.39. The topological polar surface area (TPSA) is 89.0 Å². The van der Waals surface area contributed by atoms with Gasteiger partial charge in [-0.2, -0.15) is 5.10 Å². The standard InChI is InChI=1S/C21H17BrN4O3/c1-2-29-21(28)17-10-11-26(25-17)14-7-5-6-13(12-14)23-20(27)19-18(22)15-8-3-4-9-16(15)24-19/h3-12,24H,2H2,1H3,(H,23,27). The van der Waals surface area contributed by atoms with Crippen LogP contribution >= 0.6 is 15.9 Å². The Morgan fingerprint density at radius 2 is 2.00 bits per heavy atom. The number of para-hydroxylation sites is 1. The highest BCUT2D eigenvalue weighted by atomic mass is 79.9. The highest BCUT2D eigenvalue weighted by molar-refractivity contribution is 9.10. The monoisotopic (exact) mass is 452 g/mol. The summed E-state index contributed by atoms with van der Waals surface area (Å²) in [6.45, 7) is 2.03. The molecule has 2 heterocycles. The van der Waals surface area contributed by atoms with E-state index in [-0.39, 0.29) is 18.2 Å². The second kappa shape index (κ2) is 7.92. The quantitative estimate of drug-likeness (QED) is 0.434. The highest BCUT2D eigenvalue weighted by Gasteiger charge is 2.16. The number of H-pyrrole nitrogens is 1. The molecule has 0 unspecified atom stereocenters. The van der Waals surface area contributed by atoms with Gasteiger partial charge in [0.05, 0.1) is 16.8 Å². The summed E-state index contributed by atoms with van der Waals surface area (Å²) >= 11 is 3.50. The third-order valence-electron chi connectivity index (χ3n) is 4.31. The maximum absolute atomic E-state index is 12.8. The number of hydrogen-bond donors (Lipinski definition) is 2. The zero-order chi connectivity index (χ0) is 20.4. The van der Waals surface area contributed by atoms with Crippen LogP contribution in [0.4, 0.5) is 5.69 Å². The first-order valence-electron chi connectivity index (χ1n) is 8.97. The van der Waals surface area contributed by atoms with Crippen molar-refractivity contribution in [2.45, 2.75) is 6.92 Å². The lowest BCUT2D eigenvalue weighted by Gasteiger charge is -2.07. The molecular weight excluding hydrogens is 436 g/mol. The number of aromatic amines is 1. The number of amides is 1. The first kappa shape index (κ1) is 18.9. The van der Waals surface area contributed by atoms with Gasteiger partial charge in [-0.3, -0.25) is 4.79 Å². The molecule has 0 fully saturated rings. The largest absolute Gasteiger partial charge is 0.461 e. The van der Waals surface area contributed by atoms with Crippen molar-refractivity contribution in [1.29, 1.82) is 0 Å². The minimum Gasteiger partial charge on any atom is -0.461 e. The van der Waals surface area contributed by atoms with Gasteiger partial charge in [-0.1, -0.05) is 24.3 Å². The second-order valence-electron chi connectivity index (χ2n) is 6.23. The second-order valence-corrected chi connectivity index (χ2v) is 7.02. The fourth-order valence-electron chi connectivity index (χ4n) is 2.97. The first-order chi connectivity index (χ1) is 14.1. The molecule has 0 saturated carbocycles. The van der Waals surface area contributed by atoms with Crippen LogP contribution in [0.3, 0.4) is 0 Å². The van der Waals surface area contributed by atoms with E-state index in [1.54, 1.807) is 42.1 Å². The van der Waals surface area contributed by atoms with Crippen LogP contribution in [0.25, 0.3) is 16.6 Å². The molecular formula is C21H17BrN4O3. The molecule has 0 saturated heterocycles. The molecule has 4 aromatic rings. The number of anilines is 1. The van der Waals surface area contributed by atoms with Gasteiger partial charge in [-0.05, 0) is 53.2 Å². The lowest BCUT2D eigenvalue weighted by atomic mass is 10.2. The Morgan fingerprint density at radius 1 is 1.17 bits per heavy atom. The molecule has 2 aromatic carbocycles. The molecule has 0 aliphatic rings. The van der Waals surface area contributed by atoms with Gasteiger partial charge >= 0.3 is 5.97 Å². The molecule has 0 spiro atoms. The van der Waals surface area contributed by atoms with Crippen molar-refractivity contribution >= 4 is 44.4 Å². The van der Waals surface area contributed by atoms with Crippen molar-refractivity contribution in [3.8, 4) is 5.69 Å². The smallest absolute Gasteiger partial charge is 0.358 e. The maximum atomic E-state index is 12.8. The van der Waals surface area contributed by atoms with E-state index in [0.717, 1.165) is 10.9 Å². The lowest BCUT2D eigenvalue weighted by molar-refractivity contribution is 0.0519. The fourth-order valence-corrected chi connectivity index (χ4v) is 3.59. The van der Waals surface area contributed by atoms with E-state index < -0.39 is 5.97 Å². The van der Waals surface area contributed by atoms with Gasteiger partial charge in [0.25, 0.3) is 5.91 Å². The Kier molecular flexibility index (Phi) is 5.18. The van der Waals surface area contributed by atoms with Crippen molar-refractivity contribution in [3.05, 3.63) is 76.7 Å². The lowest BCUT2D eigenvalue weighted by Crippen LogP contribution is -2.13. The maximum Gasteiger partial charge on any atom is 0.358 e. The average Bonchev–Trinajstić information content (AvgIpc) is 3.34. The van der Waals surface area contributed by atoms with E-state index in [2.05, 4.69) is 31.3 Å². The number of fused-ring (bicyclic) bond motifs is 1. The molecule has 0 aliphatic heterocycles. The molecule has 0 radical (unpaired) electrons. The number of rotatable bonds is 5. The van der Waals surface area contributed by atoms with E-state index in [9.17, 15) is 9.59 Å². The number of nitrogens with zero attached hydrogens (tertiary/aromatic N) is 2. The van der Waals surface area contributed by atoms with Crippen LogP contribution in [0.15, 0.2) is 65.3 Å². The number of halogens is 1. The minimum absolute atomic E-state index is 0.225. The van der Waals surface area contributed by atoms with Crippen LogP contribution in [0, 0.1) is 0 Å². The molecule has 7 nitrogen and oxygen atoms in total. The zero-order valence-electron chi connectivity index (χ0n) is 15.5. The Morgan fingerprint density at radius 3 is 2.79 bits per heavy atom. The molecule has 4 rings (SSSR count). The minimum atomic E-state index is -0.473.